The maximum absolute atomic E-state index is 15.4. The predicted molar refractivity (Wildman–Crippen MR) is 228 cm³/mol. The summed E-state index contributed by atoms with van der Waals surface area (Å²) < 4.78 is 48.1. The molecule has 0 aliphatic heterocycles. The van der Waals surface area contributed by atoms with Crippen LogP contribution in [-0.4, -0.2) is 73.0 Å². The van der Waals surface area contributed by atoms with E-state index in [1.165, 1.54) is 7.11 Å². The Balaban J connectivity index is 1.64. The average Bonchev–Trinajstić information content (AvgIpc) is 3.61. The van der Waals surface area contributed by atoms with Gasteiger partial charge in [0, 0.05) is 28.8 Å². The van der Waals surface area contributed by atoms with Crippen LogP contribution in [0.4, 0.5) is 0 Å². The molecule has 0 amide bonds. The maximum Gasteiger partial charge on any atom is 0.196 e. The molecule has 0 saturated heterocycles. The van der Waals surface area contributed by atoms with Crippen molar-refractivity contribution in [3.05, 3.63) is 129 Å². The molecule has 306 valence electrons. The van der Waals surface area contributed by atoms with Crippen molar-refractivity contribution < 1.29 is 47.5 Å². The molecule has 0 N–H and O–H groups in total. The van der Waals surface area contributed by atoms with Crippen LogP contribution in [0.3, 0.4) is 0 Å². The summed E-state index contributed by atoms with van der Waals surface area (Å²) in [6.45, 7) is 2.33. The zero-order chi connectivity index (χ0) is 42.4. The van der Waals surface area contributed by atoms with E-state index in [2.05, 4.69) is 4.57 Å². The first-order valence-corrected chi connectivity index (χ1v) is 19.3. The molecule has 0 spiro atoms. The van der Waals surface area contributed by atoms with Gasteiger partial charge >= 0.3 is 0 Å². The first kappa shape index (κ1) is 39.7. The molecule has 0 saturated carbocycles. The fourth-order valence-corrected chi connectivity index (χ4v) is 8.45. The highest BCUT2D eigenvalue weighted by Gasteiger charge is 2.39. The quantitative estimate of drug-likeness (QED) is 0.119. The van der Waals surface area contributed by atoms with Crippen molar-refractivity contribution in [1.29, 1.82) is 0 Å². The van der Waals surface area contributed by atoms with Crippen LogP contribution in [0.1, 0.15) is 43.0 Å². The summed E-state index contributed by atoms with van der Waals surface area (Å²) >= 11 is 0. The van der Waals surface area contributed by atoms with Crippen LogP contribution in [0.25, 0.3) is 33.4 Å². The van der Waals surface area contributed by atoms with Gasteiger partial charge in [0.25, 0.3) is 0 Å². The molecule has 0 atom stereocenters. The van der Waals surface area contributed by atoms with Crippen LogP contribution < -0.4 is 48.6 Å². The van der Waals surface area contributed by atoms with E-state index < -0.39 is 0 Å². The van der Waals surface area contributed by atoms with Gasteiger partial charge in [-0.25, -0.2) is 0 Å². The van der Waals surface area contributed by atoms with Gasteiger partial charge in [-0.05, 0) is 101 Å². The minimum absolute atomic E-state index is 0.226. The zero-order valence-electron chi connectivity index (χ0n) is 35.0. The Kier molecular flexibility index (Phi) is 10.5. The second kappa shape index (κ2) is 15.9. The third-order valence-corrected chi connectivity index (χ3v) is 11.4. The Hall–Kier alpha value is -7.14. The molecule has 0 unspecified atom stereocenters. The van der Waals surface area contributed by atoms with Crippen LogP contribution >= 0.6 is 0 Å². The lowest BCUT2D eigenvalue weighted by molar-refractivity contribution is 0.104. The summed E-state index contributed by atoms with van der Waals surface area (Å²) in [5.74, 6) is 3.54. The lowest BCUT2D eigenvalue weighted by atomic mass is 9.79. The number of fused-ring (bicyclic) bond motifs is 7. The number of carbonyl (C=O) groups excluding carboxylic acids is 2. The summed E-state index contributed by atoms with van der Waals surface area (Å²) in [5.41, 5.74) is 7.56. The smallest absolute Gasteiger partial charge is 0.196 e. The van der Waals surface area contributed by atoms with Gasteiger partial charge in [-0.15, -0.1) is 0 Å². The molecule has 11 nitrogen and oxygen atoms in total. The SMILES string of the molecule is COc1ccc(CCn2c3c(c4c2=C(c2ccc(OC)c(OC)c2)C(=O)c2cc(OC)c(OC)cc2-4)-c2cc(OC)c(OC)cc2C(=O)C=3c2ccc(C)c(OC)c2)cc1. The molecule has 6 aromatic rings. The van der Waals surface area contributed by atoms with Crippen LogP contribution in [0.5, 0.6) is 46.0 Å². The number of carbonyl (C=O) groups is 2. The van der Waals surface area contributed by atoms with Crippen molar-refractivity contribution >= 4 is 22.7 Å². The molecule has 0 radical (unpaired) electrons. The molecule has 0 fully saturated rings. The number of Topliss-reactive ketones (excluding diaryl/α,β-unsaturated/α-hetero) is 2. The van der Waals surface area contributed by atoms with E-state index in [9.17, 15) is 0 Å². The number of aromatic nitrogens is 1. The topological polar surface area (TPSA) is 113 Å². The van der Waals surface area contributed by atoms with Gasteiger partial charge in [-0.2, -0.15) is 0 Å². The number of nitrogens with zero attached hydrogens (tertiary/aromatic N) is 1. The van der Waals surface area contributed by atoms with Crippen LogP contribution in [0.15, 0.2) is 84.9 Å². The van der Waals surface area contributed by atoms with Crippen LogP contribution in [0, 0.1) is 6.92 Å². The molecule has 2 aliphatic carbocycles. The minimum Gasteiger partial charge on any atom is -0.497 e. The molecular formula is C49H45NO10. The predicted octanol–water partition coefficient (Wildman–Crippen LogP) is 7.23. The number of methoxy groups -OCH3 is 8. The second-order valence-corrected chi connectivity index (χ2v) is 14.4. The Bertz CT molecular complexity index is 2850. The van der Waals surface area contributed by atoms with Gasteiger partial charge in [0.15, 0.2) is 46.1 Å². The zero-order valence-corrected chi connectivity index (χ0v) is 35.0. The van der Waals surface area contributed by atoms with Gasteiger partial charge in [0.2, 0.25) is 0 Å². The fraction of sp³-hybridized carbons (Fsp3) is 0.224. The van der Waals surface area contributed by atoms with Gasteiger partial charge in [-0.3, -0.25) is 9.59 Å². The Morgan fingerprint density at radius 3 is 1.30 bits per heavy atom. The van der Waals surface area contributed by atoms with E-state index in [4.69, 9.17) is 37.9 Å². The van der Waals surface area contributed by atoms with Crippen LogP contribution in [-0.2, 0) is 13.0 Å². The number of hydrogen-bond acceptors (Lipinski definition) is 10. The van der Waals surface area contributed by atoms with Gasteiger partial charge in [0.05, 0.1) is 78.7 Å². The summed E-state index contributed by atoms with van der Waals surface area (Å²) in [6.07, 6.45) is 0.543. The highest BCUT2D eigenvalue weighted by atomic mass is 16.5. The van der Waals surface area contributed by atoms with Gasteiger partial charge < -0.3 is 42.5 Å². The molecule has 11 heteroatoms. The van der Waals surface area contributed by atoms with E-state index in [0.717, 1.165) is 28.0 Å². The summed E-state index contributed by atoms with van der Waals surface area (Å²) in [7, 11) is 12.6. The van der Waals surface area contributed by atoms with Crippen molar-refractivity contribution in [3.63, 3.8) is 0 Å². The van der Waals surface area contributed by atoms with E-state index >= 15 is 9.59 Å². The number of ketones is 2. The molecule has 1 aromatic heterocycles. The largest absolute Gasteiger partial charge is 0.497 e. The van der Waals surface area contributed by atoms with Crippen molar-refractivity contribution in [3.8, 4) is 68.2 Å². The first-order chi connectivity index (χ1) is 29.1. The Morgan fingerprint density at radius 2 is 0.850 bits per heavy atom. The van der Waals surface area contributed by atoms with E-state index in [-0.39, 0.29) is 11.6 Å². The monoisotopic (exact) mass is 807 g/mol. The summed E-state index contributed by atoms with van der Waals surface area (Å²) in [5, 5.41) is 1.26. The van der Waals surface area contributed by atoms with Gasteiger partial charge in [-0.1, -0.05) is 30.3 Å². The normalized spacial score (nSPS) is 12.6. The Labute approximate surface area is 347 Å². The molecule has 1 heterocycles. The van der Waals surface area contributed by atoms with E-state index in [0.29, 0.717) is 108 Å². The molecule has 0 bridgehead atoms. The summed E-state index contributed by atoms with van der Waals surface area (Å²) in [4.78, 5) is 30.8. The van der Waals surface area contributed by atoms with Crippen molar-refractivity contribution in [2.24, 2.45) is 0 Å². The molecule has 5 aromatic carbocycles. The van der Waals surface area contributed by atoms with Crippen molar-refractivity contribution in [2.75, 3.05) is 56.9 Å². The third-order valence-electron chi connectivity index (χ3n) is 11.4. The second-order valence-electron chi connectivity index (χ2n) is 14.4. The minimum atomic E-state index is -0.247. The van der Waals surface area contributed by atoms with E-state index in [1.807, 2.05) is 73.7 Å². The number of benzene rings is 5. The number of rotatable bonds is 13. The number of hydrogen-bond donors (Lipinski definition) is 0. The third kappa shape index (κ3) is 6.28. The maximum atomic E-state index is 15.4. The summed E-state index contributed by atoms with van der Waals surface area (Å²) in [6, 6.07) is 26.2. The standard InChI is InChI=1S/C49H45NO10/c1-26-10-13-28(20-36(26)55-4)42-46-44(31-22-38(57-6)40(59-8)24-33(31)48(42)51)45-32-23-39(58-7)41(60-9)25-34(32)49(52)43(29-14-17-35(54-3)37(21-29)56-5)47(45)50(46)19-18-27-11-15-30(53-2)16-12-27/h10-17,20-25H,18-19H2,1-9H3. The Morgan fingerprint density at radius 1 is 0.433 bits per heavy atom. The molecule has 60 heavy (non-hydrogen) atoms. The van der Waals surface area contributed by atoms with Gasteiger partial charge in [0.1, 0.15) is 11.5 Å². The number of aryl methyl sites for hydroxylation is 2. The lowest BCUT2D eigenvalue weighted by Crippen LogP contribution is -2.36. The molecule has 2 aliphatic rings. The molecular weight excluding hydrogens is 763 g/mol. The van der Waals surface area contributed by atoms with Crippen LogP contribution in [0.2, 0.25) is 0 Å². The average molecular weight is 808 g/mol. The number of ether oxygens (including phenoxy) is 8. The highest BCUT2D eigenvalue weighted by Crippen LogP contribution is 2.47. The molecule has 8 rings (SSSR count). The first-order valence-electron chi connectivity index (χ1n) is 19.3. The lowest BCUT2D eigenvalue weighted by Gasteiger charge is -2.23. The van der Waals surface area contributed by atoms with E-state index in [1.54, 1.807) is 68.0 Å². The van der Waals surface area contributed by atoms with Crippen molar-refractivity contribution in [2.45, 2.75) is 19.9 Å². The fourth-order valence-electron chi connectivity index (χ4n) is 8.45. The van der Waals surface area contributed by atoms with Crippen molar-refractivity contribution in [1.82, 2.24) is 4.57 Å². The highest BCUT2D eigenvalue weighted by molar-refractivity contribution is 6.36.